The van der Waals surface area contributed by atoms with Gasteiger partial charge in [-0.25, -0.2) is 9.59 Å². The van der Waals surface area contributed by atoms with E-state index < -0.39 is 18.0 Å². The Bertz CT molecular complexity index is 323. The van der Waals surface area contributed by atoms with E-state index in [0.717, 1.165) is 31.6 Å². The molecule has 1 unspecified atom stereocenters. The fourth-order valence-corrected chi connectivity index (χ4v) is 2.49. The summed E-state index contributed by atoms with van der Waals surface area (Å²) in [6.07, 6.45) is 7.14. The lowest BCUT2D eigenvalue weighted by Gasteiger charge is -2.28. The molecule has 0 aliphatic heterocycles. The van der Waals surface area contributed by atoms with Gasteiger partial charge in [0.05, 0.1) is 0 Å². The van der Waals surface area contributed by atoms with Crippen LogP contribution in [-0.4, -0.2) is 29.2 Å². The van der Waals surface area contributed by atoms with Crippen LogP contribution in [0, 0.1) is 5.92 Å². The Balaban J connectivity index is 2.34. The highest BCUT2D eigenvalue weighted by molar-refractivity contribution is 5.82. The smallest absolute Gasteiger partial charge is 0.326 e. The summed E-state index contributed by atoms with van der Waals surface area (Å²) in [5.41, 5.74) is 0. The van der Waals surface area contributed by atoms with Gasteiger partial charge in [-0.05, 0) is 38.0 Å². The number of rotatable bonds is 6. The number of carboxylic acids is 1. The summed E-state index contributed by atoms with van der Waals surface area (Å²) >= 11 is 0. The number of carbonyl (C=O) groups is 2. The third kappa shape index (κ3) is 5.32. The van der Waals surface area contributed by atoms with Crippen LogP contribution in [0.2, 0.25) is 0 Å². The molecule has 1 aliphatic rings. The normalized spacial score (nSPS) is 24.3. The van der Waals surface area contributed by atoms with Crippen LogP contribution in [0.4, 0.5) is 4.79 Å². The van der Waals surface area contributed by atoms with E-state index in [1.165, 1.54) is 12.5 Å². The van der Waals surface area contributed by atoms with E-state index in [4.69, 9.17) is 5.11 Å². The molecule has 0 spiro atoms. The number of carboxylic acid groups (broad SMARTS) is 1. The van der Waals surface area contributed by atoms with Gasteiger partial charge in [0.1, 0.15) is 6.04 Å². The van der Waals surface area contributed by atoms with Gasteiger partial charge in [0, 0.05) is 6.04 Å². The second-order valence-electron chi connectivity index (χ2n) is 5.16. The van der Waals surface area contributed by atoms with Crippen molar-refractivity contribution < 1.29 is 14.7 Å². The molecule has 2 amide bonds. The Morgan fingerprint density at radius 3 is 2.47 bits per heavy atom. The molecular formula is C14H24N2O3. The van der Waals surface area contributed by atoms with Gasteiger partial charge in [0.2, 0.25) is 0 Å². The van der Waals surface area contributed by atoms with Crippen molar-refractivity contribution >= 4 is 12.0 Å². The first kappa shape index (κ1) is 15.5. The molecule has 0 aromatic heterocycles. The molecule has 108 valence electrons. The standard InChI is InChI=1S/C14H24N2O3/c1-3-5-12(13(17)18)16-14(19)15-11-8-6-10(4-2)7-9-11/h3,10-12H,1,4-9H2,2H3,(H,17,18)(H2,15,16,19). The minimum Gasteiger partial charge on any atom is -0.480 e. The number of aliphatic carboxylic acids is 1. The van der Waals surface area contributed by atoms with Gasteiger partial charge in [-0.1, -0.05) is 19.4 Å². The second kappa shape index (κ2) is 7.81. The maximum atomic E-state index is 11.7. The lowest BCUT2D eigenvalue weighted by atomic mass is 9.85. The van der Waals surface area contributed by atoms with Gasteiger partial charge in [0.15, 0.2) is 0 Å². The van der Waals surface area contributed by atoms with Crippen LogP contribution in [0.3, 0.4) is 0 Å². The Morgan fingerprint density at radius 1 is 1.37 bits per heavy atom. The van der Waals surface area contributed by atoms with Crippen molar-refractivity contribution in [2.45, 2.75) is 57.5 Å². The highest BCUT2D eigenvalue weighted by atomic mass is 16.4. The highest BCUT2D eigenvalue weighted by Gasteiger charge is 2.23. The Morgan fingerprint density at radius 2 is 2.00 bits per heavy atom. The topological polar surface area (TPSA) is 78.4 Å². The van der Waals surface area contributed by atoms with E-state index >= 15 is 0 Å². The SMILES string of the molecule is C=CCC(NC(=O)NC1CCC(CC)CC1)C(=O)O. The summed E-state index contributed by atoms with van der Waals surface area (Å²) in [4.78, 5) is 22.6. The summed E-state index contributed by atoms with van der Waals surface area (Å²) in [7, 11) is 0. The monoisotopic (exact) mass is 268 g/mol. The molecule has 1 fully saturated rings. The van der Waals surface area contributed by atoms with Crippen LogP contribution in [-0.2, 0) is 4.79 Å². The van der Waals surface area contributed by atoms with Crippen LogP contribution in [0.5, 0.6) is 0 Å². The maximum Gasteiger partial charge on any atom is 0.326 e. The van der Waals surface area contributed by atoms with Crippen molar-refractivity contribution in [1.82, 2.24) is 10.6 Å². The molecule has 0 aromatic carbocycles. The van der Waals surface area contributed by atoms with Crippen LogP contribution in [0.15, 0.2) is 12.7 Å². The fourth-order valence-electron chi connectivity index (χ4n) is 2.49. The molecule has 1 atom stereocenters. The Kier molecular flexibility index (Phi) is 6.39. The zero-order valence-corrected chi connectivity index (χ0v) is 11.5. The Labute approximate surface area is 114 Å². The molecule has 19 heavy (non-hydrogen) atoms. The molecule has 1 aliphatic carbocycles. The molecule has 0 bridgehead atoms. The largest absolute Gasteiger partial charge is 0.480 e. The highest BCUT2D eigenvalue weighted by Crippen LogP contribution is 2.26. The van der Waals surface area contributed by atoms with Gasteiger partial charge in [-0.2, -0.15) is 0 Å². The summed E-state index contributed by atoms with van der Waals surface area (Å²) in [6, 6.07) is -1.13. The summed E-state index contributed by atoms with van der Waals surface area (Å²) in [5.74, 6) is -0.265. The molecule has 5 heteroatoms. The van der Waals surface area contributed by atoms with Gasteiger partial charge in [-0.3, -0.25) is 0 Å². The van der Waals surface area contributed by atoms with Crippen molar-refractivity contribution in [2.24, 2.45) is 5.92 Å². The minimum absolute atomic E-state index is 0.168. The maximum absolute atomic E-state index is 11.7. The quantitative estimate of drug-likeness (QED) is 0.647. The number of hydrogen-bond donors (Lipinski definition) is 3. The van der Waals surface area contributed by atoms with E-state index in [2.05, 4.69) is 24.1 Å². The average Bonchev–Trinajstić information content (AvgIpc) is 2.39. The summed E-state index contributed by atoms with van der Waals surface area (Å²) in [6.45, 7) is 5.68. The number of urea groups is 1. The number of carbonyl (C=O) groups excluding carboxylic acids is 1. The predicted octanol–water partition coefficient (Wildman–Crippen LogP) is 2.28. The molecule has 1 saturated carbocycles. The minimum atomic E-state index is -1.04. The van der Waals surface area contributed by atoms with Crippen molar-refractivity contribution in [3.8, 4) is 0 Å². The van der Waals surface area contributed by atoms with Crippen molar-refractivity contribution in [3.05, 3.63) is 12.7 Å². The van der Waals surface area contributed by atoms with Crippen LogP contribution >= 0.6 is 0 Å². The molecular weight excluding hydrogens is 244 g/mol. The molecule has 0 radical (unpaired) electrons. The van der Waals surface area contributed by atoms with E-state index in [1.807, 2.05) is 0 Å². The third-order valence-corrected chi connectivity index (χ3v) is 3.77. The van der Waals surface area contributed by atoms with E-state index in [1.54, 1.807) is 0 Å². The number of amides is 2. The van der Waals surface area contributed by atoms with Gasteiger partial charge < -0.3 is 15.7 Å². The first-order valence-corrected chi connectivity index (χ1v) is 6.97. The van der Waals surface area contributed by atoms with Gasteiger partial charge >= 0.3 is 12.0 Å². The third-order valence-electron chi connectivity index (χ3n) is 3.77. The number of nitrogens with one attached hydrogen (secondary N) is 2. The van der Waals surface area contributed by atoms with E-state index in [9.17, 15) is 9.59 Å². The number of hydrogen-bond acceptors (Lipinski definition) is 2. The van der Waals surface area contributed by atoms with Crippen molar-refractivity contribution in [2.75, 3.05) is 0 Å². The molecule has 5 nitrogen and oxygen atoms in total. The fraction of sp³-hybridized carbons (Fsp3) is 0.714. The average molecular weight is 268 g/mol. The molecule has 1 rings (SSSR count). The lowest BCUT2D eigenvalue weighted by molar-refractivity contribution is -0.139. The first-order chi connectivity index (χ1) is 9.06. The molecule has 0 aromatic rings. The van der Waals surface area contributed by atoms with E-state index in [-0.39, 0.29) is 12.5 Å². The van der Waals surface area contributed by atoms with Gasteiger partial charge in [-0.15, -0.1) is 6.58 Å². The summed E-state index contributed by atoms with van der Waals surface area (Å²) < 4.78 is 0. The zero-order chi connectivity index (χ0) is 14.3. The molecule has 0 saturated heterocycles. The lowest BCUT2D eigenvalue weighted by Crippen LogP contribution is -2.49. The van der Waals surface area contributed by atoms with E-state index in [0.29, 0.717) is 0 Å². The zero-order valence-electron chi connectivity index (χ0n) is 11.5. The molecule has 0 heterocycles. The van der Waals surface area contributed by atoms with Gasteiger partial charge in [0.25, 0.3) is 0 Å². The molecule has 3 N–H and O–H groups in total. The summed E-state index contributed by atoms with van der Waals surface area (Å²) in [5, 5.41) is 14.3. The van der Waals surface area contributed by atoms with Crippen molar-refractivity contribution in [1.29, 1.82) is 0 Å². The second-order valence-corrected chi connectivity index (χ2v) is 5.16. The van der Waals surface area contributed by atoms with Crippen molar-refractivity contribution in [3.63, 3.8) is 0 Å². The van der Waals surface area contributed by atoms with Crippen LogP contribution < -0.4 is 10.6 Å². The van der Waals surface area contributed by atoms with Crippen LogP contribution in [0.1, 0.15) is 45.4 Å². The van der Waals surface area contributed by atoms with Crippen LogP contribution in [0.25, 0.3) is 0 Å². The first-order valence-electron chi connectivity index (χ1n) is 6.97. The Hall–Kier alpha value is -1.52. The predicted molar refractivity (Wildman–Crippen MR) is 73.9 cm³/mol.